The lowest BCUT2D eigenvalue weighted by atomic mass is 10.1. The normalized spacial score (nSPS) is 11.1. The van der Waals surface area contributed by atoms with Crippen molar-refractivity contribution in [2.75, 3.05) is 13.7 Å². The molecule has 1 atom stereocenters. The van der Waals surface area contributed by atoms with Gasteiger partial charge < -0.3 is 28.6 Å². The number of urea groups is 1. The highest BCUT2D eigenvalue weighted by atomic mass is 35.5. The Kier molecular flexibility index (Phi) is 7.55. The van der Waals surface area contributed by atoms with Gasteiger partial charge in [-0.15, -0.1) is 0 Å². The molecule has 0 fully saturated rings. The molecule has 5 N–H and O–H groups in total. The van der Waals surface area contributed by atoms with Crippen molar-refractivity contribution in [3.63, 3.8) is 0 Å². The molecule has 0 aliphatic carbocycles. The van der Waals surface area contributed by atoms with Crippen molar-refractivity contribution in [3.8, 4) is 0 Å². The first-order valence-electron chi connectivity index (χ1n) is 5.57. The molecule has 0 aliphatic heterocycles. The number of nitrogens with zero attached hydrogens (tertiary/aromatic N) is 1. The van der Waals surface area contributed by atoms with Crippen LogP contribution in [0.5, 0.6) is 0 Å². The maximum Gasteiger partial charge on any atom is 0.417 e. The van der Waals surface area contributed by atoms with Crippen LogP contribution in [-0.4, -0.2) is 36.7 Å². The molecule has 19 heavy (non-hydrogen) atoms. The van der Waals surface area contributed by atoms with Crippen LogP contribution in [0.4, 0.5) is 9.59 Å². The van der Waals surface area contributed by atoms with E-state index in [1.165, 1.54) is 7.05 Å². The van der Waals surface area contributed by atoms with Crippen LogP contribution in [0.25, 0.3) is 0 Å². The number of hydrogen-bond acceptors (Lipinski definition) is 3. The largest absolute Gasteiger partial charge is 1.00 e. The molecule has 0 aromatic heterocycles. The lowest BCUT2D eigenvalue weighted by Gasteiger charge is -2.14. The van der Waals surface area contributed by atoms with E-state index in [9.17, 15) is 9.59 Å². The first-order chi connectivity index (χ1) is 8.50. The molecule has 106 valence electrons. The lowest BCUT2D eigenvalue weighted by Crippen LogP contribution is -3.00. The van der Waals surface area contributed by atoms with E-state index in [4.69, 9.17) is 10.5 Å². The second-order valence-electron chi connectivity index (χ2n) is 4.03. The fourth-order valence-electron chi connectivity index (χ4n) is 1.38. The summed E-state index contributed by atoms with van der Waals surface area (Å²) < 4.78 is 4.92. The van der Waals surface area contributed by atoms with Crippen molar-refractivity contribution in [1.29, 1.82) is 0 Å². The Morgan fingerprint density at radius 2 is 1.95 bits per heavy atom. The van der Waals surface area contributed by atoms with Crippen molar-refractivity contribution in [2.24, 2.45) is 5.73 Å². The number of primary amides is 1. The molecule has 0 unspecified atom stereocenters. The molecule has 0 spiro atoms. The minimum absolute atomic E-state index is 0. The third-order valence-corrected chi connectivity index (χ3v) is 2.41. The second kappa shape index (κ2) is 8.34. The van der Waals surface area contributed by atoms with Gasteiger partial charge in [0.05, 0.1) is 0 Å². The summed E-state index contributed by atoms with van der Waals surface area (Å²) in [4.78, 5) is 22.7. The molecule has 0 bridgehead atoms. The van der Waals surface area contributed by atoms with Crippen LogP contribution >= 0.6 is 0 Å². The first kappa shape index (κ1) is 17.2. The lowest BCUT2D eigenvalue weighted by molar-refractivity contribution is -0.424. The van der Waals surface area contributed by atoms with E-state index in [0.29, 0.717) is 6.42 Å². The monoisotopic (exact) mass is 287 g/mol. The summed E-state index contributed by atoms with van der Waals surface area (Å²) in [6, 6.07) is 8.86. The van der Waals surface area contributed by atoms with Crippen molar-refractivity contribution in [1.82, 2.24) is 4.90 Å². The van der Waals surface area contributed by atoms with Gasteiger partial charge >= 0.3 is 12.1 Å². The van der Waals surface area contributed by atoms with Gasteiger partial charge in [-0.1, -0.05) is 30.3 Å². The van der Waals surface area contributed by atoms with Gasteiger partial charge in [-0.3, -0.25) is 0 Å². The summed E-state index contributed by atoms with van der Waals surface area (Å²) in [7, 11) is 1.26. The van der Waals surface area contributed by atoms with Crippen molar-refractivity contribution >= 4 is 12.1 Å². The van der Waals surface area contributed by atoms with Crippen molar-refractivity contribution in [3.05, 3.63) is 35.9 Å². The molecule has 0 heterocycles. The van der Waals surface area contributed by atoms with Crippen LogP contribution in [0.15, 0.2) is 30.3 Å². The fourth-order valence-corrected chi connectivity index (χ4v) is 1.38. The maximum absolute atomic E-state index is 11.3. The number of nitrogens with two attached hydrogens (primary N) is 1. The number of benzene rings is 1. The second-order valence-corrected chi connectivity index (χ2v) is 4.03. The minimum Gasteiger partial charge on any atom is -1.00 e. The average molecular weight is 288 g/mol. The molecule has 0 radical (unpaired) electrons. The van der Waals surface area contributed by atoms with Gasteiger partial charge in [0, 0.05) is 13.5 Å². The van der Waals surface area contributed by atoms with E-state index in [0.717, 1.165) is 10.5 Å². The van der Waals surface area contributed by atoms with Crippen LogP contribution in [0, 0.1) is 0 Å². The number of quaternary nitrogens is 1. The zero-order chi connectivity index (χ0) is 13.5. The number of carbonyl (C=O) groups excluding carboxylic acids is 2. The molecule has 1 aromatic carbocycles. The van der Waals surface area contributed by atoms with E-state index < -0.39 is 12.1 Å². The Morgan fingerprint density at radius 3 is 2.47 bits per heavy atom. The summed E-state index contributed by atoms with van der Waals surface area (Å²) in [5.41, 5.74) is 9.96. The Morgan fingerprint density at radius 1 is 1.37 bits per heavy atom. The zero-order valence-corrected chi connectivity index (χ0v) is 11.5. The van der Waals surface area contributed by atoms with E-state index in [2.05, 4.69) is 5.73 Å². The van der Waals surface area contributed by atoms with Crippen molar-refractivity contribution in [2.45, 2.75) is 12.5 Å². The average Bonchev–Trinajstić information content (AvgIpc) is 2.36. The molecule has 1 aromatic rings. The van der Waals surface area contributed by atoms with Crippen molar-refractivity contribution < 1.29 is 32.5 Å². The Labute approximate surface area is 118 Å². The van der Waals surface area contributed by atoms with Crippen LogP contribution in [0.2, 0.25) is 0 Å². The van der Waals surface area contributed by atoms with Crippen LogP contribution in [0.1, 0.15) is 5.56 Å². The van der Waals surface area contributed by atoms with Gasteiger partial charge in [0.25, 0.3) is 0 Å². The fraction of sp³-hybridized carbons (Fsp3) is 0.333. The predicted molar refractivity (Wildman–Crippen MR) is 65.5 cm³/mol. The van der Waals surface area contributed by atoms with Gasteiger partial charge in [-0.2, -0.15) is 0 Å². The summed E-state index contributed by atoms with van der Waals surface area (Å²) >= 11 is 0. The number of hydrogen-bond donors (Lipinski definition) is 2. The molecule has 1 rings (SSSR count). The zero-order valence-electron chi connectivity index (χ0n) is 10.7. The molecule has 3 amide bonds. The Hall–Kier alpha value is -1.79. The topological polar surface area (TPSA) is 100 Å². The number of ether oxygens (including phenoxy) is 1. The molecule has 7 heteroatoms. The van der Waals surface area contributed by atoms with E-state index in [1.54, 1.807) is 0 Å². The summed E-state index contributed by atoms with van der Waals surface area (Å²) in [5, 5.41) is 0. The number of amides is 3. The number of rotatable bonds is 4. The van der Waals surface area contributed by atoms with E-state index >= 15 is 0 Å². The van der Waals surface area contributed by atoms with Crippen LogP contribution < -0.4 is 23.9 Å². The molecule has 6 nitrogen and oxygen atoms in total. The summed E-state index contributed by atoms with van der Waals surface area (Å²) in [6.07, 6.45) is -0.0572. The Balaban J connectivity index is 0.00000324. The third-order valence-electron chi connectivity index (χ3n) is 2.41. The van der Waals surface area contributed by atoms with Crippen LogP contribution in [-0.2, 0) is 11.2 Å². The number of carbonyl (C=O) groups is 2. The standard InChI is InChI=1S/C12H17N3O3.ClH/c1-15(11(14)16)12(17)18-8-10(13)7-9-5-3-2-4-6-9;/h2-6,10H,7-8,13H2,1H3,(H2,14,16);1H/t10-;/m0./s1. The minimum atomic E-state index is -0.844. The van der Waals surface area contributed by atoms with Gasteiger partial charge in [-0.05, 0) is 5.56 Å². The number of halogens is 1. The molecule has 0 saturated carbocycles. The first-order valence-corrected chi connectivity index (χ1v) is 5.57. The number of imide groups is 1. The highest BCUT2D eigenvalue weighted by molar-refractivity contribution is 5.89. The summed E-state index contributed by atoms with van der Waals surface area (Å²) in [6.45, 7) is 0.144. The highest BCUT2D eigenvalue weighted by Crippen LogP contribution is 2.01. The van der Waals surface area contributed by atoms with Crippen LogP contribution in [0.3, 0.4) is 0 Å². The molecule has 0 aliphatic rings. The Bertz CT molecular complexity index is 414. The molecular weight excluding hydrogens is 270 g/mol. The maximum atomic E-state index is 11.3. The molecular formula is C12H18ClN3O3. The van der Waals surface area contributed by atoms with Gasteiger partial charge in [0.15, 0.2) is 0 Å². The van der Waals surface area contributed by atoms with E-state index in [1.807, 2.05) is 30.3 Å². The van der Waals surface area contributed by atoms with Gasteiger partial charge in [0.2, 0.25) is 0 Å². The third kappa shape index (κ3) is 6.08. The molecule has 0 saturated heterocycles. The highest BCUT2D eigenvalue weighted by Gasteiger charge is 2.17. The quantitative estimate of drug-likeness (QED) is 0.617. The van der Waals surface area contributed by atoms with Gasteiger partial charge in [0.1, 0.15) is 12.6 Å². The van der Waals surface area contributed by atoms with Gasteiger partial charge in [-0.25, -0.2) is 14.5 Å². The van der Waals surface area contributed by atoms with E-state index in [-0.39, 0.29) is 25.1 Å². The smallest absolute Gasteiger partial charge is 0.417 e. The predicted octanol–water partition coefficient (Wildman–Crippen LogP) is -3.01. The summed E-state index contributed by atoms with van der Waals surface area (Å²) in [5.74, 6) is 0. The SMILES string of the molecule is CN(C(N)=O)C(=O)OC[C@@H]([NH3+])Cc1ccccc1.[Cl-].